The van der Waals surface area contributed by atoms with Crippen molar-refractivity contribution in [2.75, 3.05) is 18.6 Å². The molecule has 0 radical (unpaired) electrons. The summed E-state index contributed by atoms with van der Waals surface area (Å²) in [5.74, 6) is -0.258. The predicted molar refractivity (Wildman–Crippen MR) is 81.1 cm³/mol. The Bertz CT molecular complexity index is 409. The van der Waals surface area contributed by atoms with E-state index >= 15 is 0 Å². The Balaban J connectivity index is 2.72. The molecule has 1 aromatic carbocycles. The molecule has 1 aromatic rings. The summed E-state index contributed by atoms with van der Waals surface area (Å²) < 4.78 is 5.38. The number of thioether (sulfide) groups is 1. The highest BCUT2D eigenvalue weighted by atomic mass is 32.2. The van der Waals surface area contributed by atoms with E-state index in [2.05, 4.69) is 0 Å². The van der Waals surface area contributed by atoms with Crippen molar-refractivity contribution in [3.05, 3.63) is 30.3 Å². The first-order chi connectivity index (χ1) is 8.60. The maximum absolute atomic E-state index is 11.4. The summed E-state index contributed by atoms with van der Waals surface area (Å²) in [7, 11) is 1.39. The van der Waals surface area contributed by atoms with E-state index in [-0.39, 0.29) is 11.2 Å². The third-order valence-electron chi connectivity index (χ3n) is 2.42. The molecule has 0 bridgehead atoms. The lowest BCUT2D eigenvalue weighted by molar-refractivity contribution is -0.139. The summed E-state index contributed by atoms with van der Waals surface area (Å²) in [5, 5.41) is -0.291. The molecule has 0 aliphatic rings. The van der Waals surface area contributed by atoms with Crippen molar-refractivity contribution in [1.82, 2.24) is 0 Å². The molecule has 0 aliphatic carbocycles. The number of ether oxygens (including phenoxy) is 1. The molecule has 0 amide bonds. The van der Waals surface area contributed by atoms with E-state index in [1.165, 1.54) is 18.9 Å². The van der Waals surface area contributed by atoms with Gasteiger partial charge < -0.3 is 9.64 Å². The maximum Gasteiger partial charge on any atom is 0.318 e. The number of carbonyl (C=O) groups excluding carboxylic acids is 1. The molecule has 18 heavy (non-hydrogen) atoms. The number of esters is 1. The molecule has 5 heteroatoms. The van der Waals surface area contributed by atoms with Gasteiger partial charge in [0, 0.05) is 12.2 Å². The average molecular weight is 283 g/mol. The van der Waals surface area contributed by atoms with Crippen molar-refractivity contribution in [3.63, 3.8) is 0 Å². The lowest BCUT2D eigenvalue weighted by Crippen LogP contribution is -2.29. The highest BCUT2D eigenvalue weighted by molar-refractivity contribution is 8.24. The van der Waals surface area contributed by atoms with Gasteiger partial charge in [0.05, 0.1) is 7.11 Å². The number of anilines is 1. The monoisotopic (exact) mass is 283 g/mol. The zero-order valence-corrected chi connectivity index (χ0v) is 12.4. The highest BCUT2D eigenvalue weighted by Gasteiger charge is 2.19. The Kier molecular flexibility index (Phi) is 6.15. The molecule has 0 aliphatic heterocycles. The number of hydrogen-bond donors (Lipinski definition) is 0. The number of thiocarbonyl (C=S) groups is 1. The number of rotatable bonds is 4. The molecule has 1 atom stereocenters. The van der Waals surface area contributed by atoms with Gasteiger partial charge in [0.1, 0.15) is 9.57 Å². The minimum atomic E-state index is -0.291. The van der Waals surface area contributed by atoms with E-state index < -0.39 is 0 Å². The Morgan fingerprint density at radius 3 is 2.56 bits per heavy atom. The Hall–Kier alpha value is -1.07. The fourth-order valence-electron chi connectivity index (χ4n) is 1.45. The Morgan fingerprint density at radius 1 is 1.44 bits per heavy atom. The summed E-state index contributed by atoms with van der Waals surface area (Å²) in [5.41, 5.74) is 1.04. The van der Waals surface area contributed by atoms with Crippen molar-refractivity contribution in [2.24, 2.45) is 0 Å². The van der Waals surface area contributed by atoms with E-state index in [1.54, 1.807) is 6.92 Å². The number of para-hydroxylation sites is 1. The second kappa shape index (κ2) is 7.38. The molecule has 0 fully saturated rings. The van der Waals surface area contributed by atoms with Gasteiger partial charge in [-0.05, 0) is 26.0 Å². The lowest BCUT2D eigenvalue weighted by Gasteiger charge is -2.24. The van der Waals surface area contributed by atoms with Crippen LogP contribution < -0.4 is 4.90 Å². The number of nitrogens with zero attached hydrogens (tertiary/aromatic N) is 1. The van der Waals surface area contributed by atoms with Crippen LogP contribution in [-0.2, 0) is 9.53 Å². The number of methoxy groups -OCH3 is 1. The van der Waals surface area contributed by atoms with Crippen LogP contribution in [0.4, 0.5) is 5.69 Å². The quantitative estimate of drug-likeness (QED) is 0.626. The molecule has 0 spiro atoms. The molecule has 0 saturated carbocycles. The van der Waals surface area contributed by atoms with Crippen molar-refractivity contribution in [2.45, 2.75) is 19.1 Å². The predicted octanol–water partition coefficient (Wildman–Crippen LogP) is 3.09. The standard InChI is InChI=1S/C13H17NO2S2/c1-4-14(11-8-6-5-7-9-11)13(17)18-10(2)12(15)16-3/h5-10H,4H2,1-3H3. The van der Waals surface area contributed by atoms with E-state index in [4.69, 9.17) is 17.0 Å². The SMILES string of the molecule is CCN(C(=S)SC(C)C(=O)OC)c1ccccc1. The molecular formula is C13H17NO2S2. The van der Waals surface area contributed by atoms with Gasteiger partial charge in [0.25, 0.3) is 0 Å². The smallest absolute Gasteiger partial charge is 0.318 e. The summed E-state index contributed by atoms with van der Waals surface area (Å²) >= 11 is 6.72. The van der Waals surface area contributed by atoms with Crippen molar-refractivity contribution >= 4 is 40.0 Å². The zero-order valence-electron chi connectivity index (χ0n) is 10.8. The minimum Gasteiger partial charge on any atom is -0.468 e. The lowest BCUT2D eigenvalue weighted by atomic mass is 10.3. The van der Waals surface area contributed by atoms with Crippen molar-refractivity contribution in [1.29, 1.82) is 0 Å². The van der Waals surface area contributed by atoms with Gasteiger partial charge in [-0.25, -0.2) is 0 Å². The molecule has 3 nitrogen and oxygen atoms in total. The summed E-state index contributed by atoms with van der Waals surface area (Å²) in [6, 6.07) is 9.90. The van der Waals surface area contributed by atoms with Crippen LogP contribution in [0.15, 0.2) is 30.3 Å². The average Bonchev–Trinajstić information content (AvgIpc) is 2.39. The van der Waals surface area contributed by atoms with Crippen LogP contribution in [0.25, 0.3) is 0 Å². The van der Waals surface area contributed by atoms with Crippen LogP contribution >= 0.6 is 24.0 Å². The molecule has 0 aromatic heterocycles. The summed E-state index contributed by atoms with van der Waals surface area (Å²) in [4.78, 5) is 13.4. The first-order valence-electron chi connectivity index (χ1n) is 5.71. The van der Waals surface area contributed by atoms with Crippen LogP contribution in [-0.4, -0.2) is 29.2 Å². The molecule has 0 N–H and O–H groups in total. The molecule has 98 valence electrons. The van der Waals surface area contributed by atoms with Gasteiger partial charge in [-0.3, -0.25) is 4.79 Å². The van der Waals surface area contributed by atoms with Gasteiger partial charge in [0.2, 0.25) is 0 Å². The van der Waals surface area contributed by atoms with Gasteiger partial charge in [0.15, 0.2) is 0 Å². The molecular weight excluding hydrogens is 266 g/mol. The van der Waals surface area contributed by atoms with Gasteiger partial charge in [-0.15, -0.1) is 0 Å². The molecule has 1 unspecified atom stereocenters. The van der Waals surface area contributed by atoms with Crippen LogP contribution in [0.2, 0.25) is 0 Å². The maximum atomic E-state index is 11.4. The zero-order chi connectivity index (χ0) is 13.5. The summed E-state index contributed by atoms with van der Waals surface area (Å²) in [6.07, 6.45) is 0. The van der Waals surface area contributed by atoms with E-state index in [0.29, 0.717) is 4.32 Å². The van der Waals surface area contributed by atoms with Crippen molar-refractivity contribution in [3.8, 4) is 0 Å². The third-order valence-corrected chi connectivity index (χ3v) is 3.89. The fourth-order valence-corrected chi connectivity index (χ4v) is 2.98. The normalized spacial score (nSPS) is 11.7. The number of benzene rings is 1. The largest absolute Gasteiger partial charge is 0.468 e. The van der Waals surface area contributed by atoms with E-state index in [9.17, 15) is 4.79 Å². The second-order valence-electron chi connectivity index (χ2n) is 3.63. The summed E-state index contributed by atoms with van der Waals surface area (Å²) in [6.45, 7) is 4.59. The van der Waals surface area contributed by atoms with Crippen LogP contribution in [0.5, 0.6) is 0 Å². The van der Waals surface area contributed by atoms with Gasteiger partial charge in [-0.1, -0.05) is 42.2 Å². The number of carbonyl (C=O) groups is 1. The van der Waals surface area contributed by atoms with E-state index in [1.807, 2.05) is 42.2 Å². The highest BCUT2D eigenvalue weighted by Crippen LogP contribution is 2.22. The molecule has 1 rings (SSSR count). The molecule has 0 saturated heterocycles. The first-order valence-corrected chi connectivity index (χ1v) is 7.00. The van der Waals surface area contributed by atoms with Crippen molar-refractivity contribution < 1.29 is 9.53 Å². The minimum absolute atomic E-state index is 0.258. The second-order valence-corrected chi connectivity index (χ2v) is 5.60. The number of hydrogen-bond acceptors (Lipinski definition) is 4. The van der Waals surface area contributed by atoms with Gasteiger partial charge >= 0.3 is 5.97 Å². The third kappa shape index (κ3) is 3.99. The van der Waals surface area contributed by atoms with Crippen LogP contribution in [0, 0.1) is 0 Å². The Morgan fingerprint density at radius 2 is 2.06 bits per heavy atom. The topological polar surface area (TPSA) is 29.5 Å². The van der Waals surface area contributed by atoms with Crippen LogP contribution in [0.1, 0.15) is 13.8 Å². The fraction of sp³-hybridized carbons (Fsp3) is 0.385. The van der Waals surface area contributed by atoms with E-state index in [0.717, 1.165) is 12.2 Å². The van der Waals surface area contributed by atoms with Gasteiger partial charge in [-0.2, -0.15) is 0 Å². The van der Waals surface area contributed by atoms with Crippen LogP contribution in [0.3, 0.4) is 0 Å². The first kappa shape index (κ1) is 15.0. The Labute approximate surface area is 118 Å². The molecule has 0 heterocycles.